The summed E-state index contributed by atoms with van der Waals surface area (Å²) in [6.07, 6.45) is 0.431. The maximum absolute atomic E-state index is 11.5. The summed E-state index contributed by atoms with van der Waals surface area (Å²) in [5.74, 6) is 0.0393. The number of carbonyl (C=O) groups excluding carboxylic acids is 1. The van der Waals surface area contributed by atoms with Gasteiger partial charge < -0.3 is 16.0 Å². The Morgan fingerprint density at radius 1 is 1.50 bits per heavy atom. The molecule has 1 amide bonds. The molecule has 0 bridgehead atoms. The topological polar surface area (TPSA) is 58.4 Å². The van der Waals surface area contributed by atoms with Crippen molar-refractivity contribution in [1.82, 2.24) is 5.32 Å². The van der Waals surface area contributed by atoms with E-state index in [-0.39, 0.29) is 11.9 Å². The van der Waals surface area contributed by atoms with Crippen LogP contribution in [0, 0.1) is 0 Å². The molecule has 4 nitrogen and oxygen atoms in total. The zero-order valence-corrected chi connectivity index (χ0v) is 11.8. The van der Waals surface area contributed by atoms with Gasteiger partial charge in [-0.3, -0.25) is 4.79 Å². The summed E-state index contributed by atoms with van der Waals surface area (Å²) in [7, 11) is 1.89. The van der Waals surface area contributed by atoms with E-state index < -0.39 is 0 Å². The number of nitrogens with zero attached hydrogens (tertiary/aromatic N) is 1. The van der Waals surface area contributed by atoms with Crippen LogP contribution in [-0.4, -0.2) is 25.5 Å². The van der Waals surface area contributed by atoms with Crippen molar-refractivity contribution in [2.45, 2.75) is 26.3 Å². The second-order valence-corrected chi connectivity index (χ2v) is 5.03. The fourth-order valence-electron chi connectivity index (χ4n) is 1.63. The van der Waals surface area contributed by atoms with Crippen LogP contribution >= 0.6 is 11.6 Å². The quantitative estimate of drug-likeness (QED) is 0.807. The van der Waals surface area contributed by atoms with Crippen molar-refractivity contribution in [2.24, 2.45) is 0 Å². The lowest BCUT2D eigenvalue weighted by Gasteiger charge is -2.21. The number of hydrogen-bond donors (Lipinski definition) is 2. The van der Waals surface area contributed by atoms with Crippen molar-refractivity contribution in [3.05, 3.63) is 23.2 Å². The molecule has 1 aromatic carbocycles. The van der Waals surface area contributed by atoms with Gasteiger partial charge in [0.1, 0.15) is 0 Å². The molecule has 5 heteroatoms. The molecule has 3 N–H and O–H groups in total. The first-order valence-corrected chi connectivity index (χ1v) is 6.33. The molecule has 0 fully saturated rings. The second kappa shape index (κ2) is 6.50. The van der Waals surface area contributed by atoms with Gasteiger partial charge in [0.25, 0.3) is 0 Å². The number of rotatable bonds is 5. The number of hydrogen-bond acceptors (Lipinski definition) is 3. The van der Waals surface area contributed by atoms with Gasteiger partial charge in [-0.1, -0.05) is 11.6 Å². The monoisotopic (exact) mass is 269 g/mol. The predicted molar refractivity (Wildman–Crippen MR) is 77.0 cm³/mol. The van der Waals surface area contributed by atoms with Crippen molar-refractivity contribution >= 4 is 28.9 Å². The predicted octanol–water partition coefficient (Wildman–Crippen LogP) is 2.27. The van der Waals surface area contributed by atoms with Gasteiger partial charge in [0.05, 0.1) is 11.4 Å². The molecule has 0 unspecified atom stereocenters. The highest BCUT2D eigenvalue weighted by molar-refractivity contribution is 6.31. The molecule has 0 saturated carbocycles. The molecule has 0 spiro atoms. The Morgan fingerprint density at radius 3 is 2.78 bits per heavy atom. The Kier molecular flexibility index (Phi) is 5.28. The first-order valence-electron chi connectivity index (χ1n) is 5.95. The number of nitrogen functional groups attached to an aromatic ring is 1. The molecule has 0 aliphatic rings. The maximum atomic E-state index is 11.5. The van der Waals surface area contributed by atoms with E-state index >= 15 is 0 Å². The van der Waals surface area contributed by atoms with Crippen LogP contribution in [0.3, 0.4) is 0 Å². The van der Waals surface area contributed by atoms with E-state index in [1.807, 2.05) is 25.8 Å². The Bertz CT molecular complexity index is 421. The van der Waals surface area contributed by atoms with Gasteiger partial charge in [0.2, 0.25) is 5.91 Å². The number of anilines is 2. The highest BCUT2D eigenvalue weighted by atomic mass is 35.5. The summed E-state index contributed by atoms with van der Waals surface area (Å²) in [5, 5.41) is 3.49. The lowest BCUT2D eigenvalue weighted by Crippen LogP contribution is -2.33. The van der Waals surface area contributed by atoms with E-state index in [4.69, 9.17) is 17.3 Å². The number of carbonyl (C=O) groups is 1. The van der Waals surface area contributed by atoms with E-state index in [1.165, 1.54) is 0 Å². The van der Waals surface area contributed by atoms with Crippen LogP contribution in [0.5, 0.6) is 0 Å². The molecule has 100 valence electrons. The number of halogens is 1. The van der Waals surface area contributed by atoms with Crippen LogP contribution in [0.15, 0.2) is 18.2 Å². The van der Waals surface area contributed by atoms with E-state index in [0.29, 0.717) is 23.7 Å². The highest BCUT2D eigenvalue weighted by Crippen LogP contribution is 2.25. The van der Waals surface area contributed by atoms with E-state index in [0.717, 1.165) is 5.69 Å². The van der Waals surface area contributed by atoms with Crippen LogP contribution in [0.2, 0.25) is 5.02 Å². The first-order chi connectivity index (χ1) is 8.40. The fraction of sp³-hybridized carbons (Fsp3) is 0.462. The average Bonchev–Trinajstić information content (AvgIpc) is 2.28. The molecule has 0 radical (unpaired) electrons. The SMILES string of the molecule is CC(C)NC(=O)CCN(C)c1cc(Cl)ccc1N. The Hall–Kier alpha value is -1.42. The van der Waals surface area contributed by atoms with Crippen molar-refractivity contribution in [2.75, 3.05) is 24.2 Å². The van der Waals surface area contributed by atoms with Crippen molar-refractivity contribution < 1.29 is 4.79 Å². The van der Waals surface area contributed by atoms with Crippen molar-refractivity contribution in [1.29, 1.82) is 0 Å². The van der Waals surface area contributed by atoms with Crippen LogP contribution in [-0.2, 0) is 4.79 Å². The molecular weight excluding hydrogens is 250 g/mol. The zero-order valence-electron chi connectivity index (χ0n) is 11.0. The summed E-state index contributed by atoms with van der Waals surface area (Å²) in [6.45, 7) is 4.48. The number of nitrogens with one attached hydrogen (secondary N) is 1. The third kappa shape index (κ3) is 4.45. The first kappa shape index (κ1) is 14.6. The van der Waals surface area contributed by atoms with Crippen LogP contribution in [0.25, 0.3) is 0 Å². The fourth-order valence-corrected chi connectivity index (χ4v) is 1.80. The smallest absolute Gasteiger partial charge is 0.221 e. The number of nitrogens with two attached hydrogens (primary N) is 1. The van der Waals surface area contributed by atoms with Gasteiger partial charge in [-0.25, -0.2) is 0 Å². The Morgan fingerprint density at radius 2 is 2.17 bits per heavy atom. The molecule has 0 heterocycles. The van der Waals surface area contributed by atoms with Gasteiger partial charge in [-0.15, -0.1) is 0 Å². The third-order valence-electron chi connectivity index (χ3n) is 2.53. The normalized spacial score (nSPS) is 10.5. The van der Waals surface area contributed by atoms with Gasteiger partial charge in [-0.2, -0.15) is 0 Å². The number of amides is 1. The Labute approximate surface area is 113 Å². The molecule has 1 aromatic rings. The van der Waals surface area contributed by atoms with Crippen molar-refractivity contribution in [3.8, 4) is 0 Å². The lowest BCUT2D eigenvalue weighted by molar-refractivity contribution is -0.121. The minimum absolute atomic E-state index is 0.0393. The summed E-state index contributed by atoms with van der Waals surface area (Å²) in [6, 6.07) is 5.48. The largest absolute Gasteiger partial charge is 0.397 e. The van der Waals surface area contributed by atoms with Gasteiger partial charge in [0, 0.05) is 31.1 Å². The summed E-state index contributed by atoms with van der Waals surface area (Å²) in [4.78, 5) is 13.5. The summed E-state index contributed by atoms with van der Waals surface area (Å²) in [5.41, 5.74) is 7.38. The van der Waals surface area contributed by atoms with Crippen LogP contribution in [0.1, 0.15) is 20.3 Å². The minimum Gasteiger partial charge on any atom is -0.397 e. The van der Waals surface area contributed by atoms with E-state index in [2.05, 4.69) is 5.32 Å². The molecule has 0 aromatic heterocycles. The van der Waals surface area contributed by atoms with Gasteiger partial charge >= 0.3 is 0 Å². The molecule has 0 atom stereocenters. The lowest BCUT2D eigenvalue weighted by atomic mass is 10.2. The minimum atomic E-state index is 0.0393. The van der Waals surface area contributed by atoms with Crippen LogP contribution < -0.4 is 16.0 Å². The molecule has 0 saturated heterocycles. The standard InChI is InChI=1S/C13H20ClN3O/c1-9(2)16-13(18)6-7-17(3)12-8-10(14)4-5-11(12)15/h4-5,8-9H,6-7,15H2,1-3H3,(H,16,18). The average molecular weight is 270 g/mol. The van der Waals surface area contributed by atoms with E-state index in [9.17, 15) is 4.79 Å². The summed E-state index contributed by atoms with van der Waals surface area (Å²) >= 11 is 5.93. The zero-order chi connectivity index (χ0) is 13.7. The molecular formula is C13H20ClN3O. The molecule has 1 rings (SSSR count). The summed E-state index contributed by atoms with van der Waals surface area (Å²) < 4.78 is 0. The molecule has 18 heavy (non-hydrogen) atoms. The second-order valence-electron chi connectivity index (χ2n) is 4.60. The van der Waals surface area contributed by atoms with Crippen LogP contribution in [0.4, 0.5) is 11.4 Å². The van der Waals surface area contributed by atoms with E-state index in [1.54, 1.807) is 18.2 Å². The highest BCUT2D eigenvalue weighted by Gasteiger charge is 2.09. The molecule has 0 aliphatic heterocycles. The van der Waals surface area contributed by atoms with Gasteiger partial charge in [0.15, 0.2) is 0 Å². The number of benzene rings is 1. The third-order valence-corrected chi connectivity index (χ3v) is 2.76. The Balaban J connectivity index is 2.57. The van der Waals surface area contributed by atoms with Crippen molar-refractivity contribution in [3.63, 3.8) is 0 Å². The molecule has 0 aliphatic carbocycles. The maximum Gasteiger partial charge on any atom is 0.221 e. The van der Waals surface area contributed by atoms with Gasteiger partial charge in [-0.05, 0) is 32.0 Å².